The highest BCUT2D eigenvalue weighted by molar-refractivity contribution is 5.94. The lowest BCUT2D eigenvalue weighted by molar-refractivity contribution is -0.138. The fraction of sp³-hybridized carbons (Fsp3) is 0.688. The van der Waals surface area contributed by atoms with Gasteiger partial charge < -0.3 is 14.4 Å². The SMILES string of the molecule is Cc1nc(C)c(C(=O)N(CC(=O)O)C(C)C2CCCCC2)o1. The summed E-state index contributed by atoms with van der Waals surface area (Å²) >= 11 is 0. The summed E-state index contributed by atoms with van der Waals surface area (Å²) in [6.07, 6.45) is 5.59. The van der Waals surface area contributed by atoms with E-state index in [0.29, 0.717) is 17.5 Å². The van der Waals surface area contributed by atoms with Gasteiger partial charge in [-0.05, 0) is 32.6 Å². The summed E-state index contributed by atoms with van der Waals surface area (Å²) < 4.78 is 5.38. The number of rotatable bonds is 5. The van der Waals surface area contributed by atoms with Crippen molar-refractivity contribution in [2.75, 3.05) is 6.54 Å². The Hall–Kier alpha value is -1.85. The molecule has 1 saturated carbocycles. The lowest BCUT2D eigenvalue weighted by Gasteiger charge is -2.35. The Morgan fingerprint density at radius 3 is 2.45 bits per heavy atom. The van der Waals surface area contributed by atoms with Crippen LogP contribution in [0.4, 0.5) is 0 Å². The Labute approximate surface area is 130 Å². The number of carbonyl (C=O) groups is 2. The van der Waals surface area contributed by atoms with E-state index in [2.05, 4.69) is 4.98 Å². The van der Waals surface area contributed by atoms with Crippen LogP contribution in [0.15, 0.2) is 4.42 Å². The van der Waals surface area contributed by atoms with Crippen molar-refractivity contribution < 1.29 is 19.1 Å². The topological polar surface area (TPSA) is 83.6 Å². The van der Waals surface area contributed by atoms with Gasteiger partial charge in [0.2, 0.25) is 5.76 Å². The van der Waals surface area contributed by atoms with Gasteiger partial charge in [-0.2, -0.15) is 0 Å². The van der Waals surface area contributed by atoms with Crippen LogP contribution in [0.3, 0.4) is 0 Å². The van der Waals surface area contributed by atoms with Gasteiger partial charge >= 0.3 is 5.97 Å². The first-order valence-electron chi connectivity index (χ1n) is 7.87. The third-order valence-electron chi connectivity index (χ3n) is 4.49. The van der Waals surface area contributed by atoms with E-state index in [4.69, 9.17) is 9.52 Å². The quantitative estimate of drug-likeness (QED) is 0.904. The summed E-state index contributed by atoms with van der Waals surface area (Å²) in [7, 11) is 0. The maximum atomic E-state index is 12.7. The predicted molar refractivity (Wildman–Crippen MR) is 80.7 cm³/mol. The highest BCUT2D eigenvalue weighted by Crippen LogP contribution is 2.29. The zero-order valence-electron chi connectivity index (χ0n) is 13.5. The molecule has 1 N–H and O–H groups in total. The van der Waals surface area contributed by atoms with E-state index in [0.717, 1.165) is 25.7 Å². The van der Waals surface area contributed by atoms with Gasteiger partial charge in [0.1, 0.15) is 6.54 Å². The molecule has 1 atom stereocenters. The molecule has 1 fully saturated rings. The van der Waals surface area contributed by atoms with Crippen molar-refractivity contribution in [2.24, 2.45) is 5.92 Å². The van der Waals surface area contributed by atoms with Gasteiger partial charge in [-0.15, -0.1) is 0 Å². The fourth-order valence-electron chi connectivity index (χ4n) is 3.28. The molecule has 6 nitrogen and oxygen atoms in total. The van der Waals surface area contributed by atoms with Crippen LogP contribution in [0.25, 0.3) is 0 Å². The average Bonchev–Trinajstić information content (AvgIpc) is 2.83. The molecule has 0 aromatic carbocycles. The van der Waals surface area contributed by atoms with E-state index in [1.165, 1.54) is 11.3 Å². The van der Waals surface area contributed by atoms with E-state index in [9.17, 15) is 9.59 Å². The Bertz CT molecular complexity index is 546. The third-order valence-corrected chi connectivity index (χ3v) is 4.49. The highest BCUT2D eigenvalue weighted by atomic mass is 16.4. The van der Waals surface area contributed by atoms with Crippen LogP contribution in [-0.4, -0.2) is 39.5 Å². The first-order chi connectivity index (χ1) is 10.4. The van der Waals surface area contributed by atoms with Crippen LogP contribution < -0.4 is 0 Å². The van der Waals surface area contributed by atoms with Crippen LogP contribution in [0.1, 0.15) is 61.2 Å². The van der Waals surface area contributed by atoms with Crippen molar-refractivity contribution >= 4 is 11.9 Å². The van der Waals surface area contributed by atoms with Crippen molar-refractivity contribution in [3.05, 3.63) is 17.3 Å². The minimum Gasteiger partial charge on any atom is -0.480 e. The third kappa shape index (κ3) is 3.67. The van der Waals surface area contributed by atoms with Crippen molar-refractivity contribution in [2.45, 2.75) is 58.9 Å². The standard InChI is InChI=1S/C16H24N2O4/c1-10-15(22-12(3)17-10)16(21)18(9-14(19)20)11(2)13-7-5-4-6-8-13/h11,13H,4-9H2,1-3H3,(H,19,20). The second-order valence-corrected chi connectivity index (χ2v) is 6.11. The molecular weight excluding hydrogens is 284 g/mol. The number of carboxylic acid groups (broad SMARTS) is 1. The smallest absolute Gasteiger partial charge is 0.323 e. The number of hydrogen-bond donors (Lipinski definition) is 1. The molecule has 1 aromatic rings. The molecule has 1 aliphatic carbocycles. The molecule has 0 bridgehead atoms. The number of aliphatic carboxylic acids is 1. The summed E-state index contributed by atoms with van der Waals surface area (Å²) in [6.45, 7) is 5.01. The summed E-state index contributed by atoms with van der Waals surface area (Å²) in [4.78, 5) is 29.4. The Balaban J connectivity index is 2.22. The second-order valence-electron chi connectivity index (χ2n) is 6.11. The largest absolute Gasteiger partial charge is 0.480 e. The van der Waals surface area contributed by atoms with Gasteiger partial charge in [0.25, 0.3) is 5.91 Å². The molecule has 2 rings (SSSR count). The summed E-state index contributed by atoms with van der Waals surface area (Å²) in [5, 5.41) is 9.16. The Morgan fingerprint density at radius 1 is 1.32 bits per heavy atom. The number of amides is 1. The van der Waals surface area contributed by atoms with Crippen LogP contribution in [0.5, 0.6) is 0 Å². The Kier molecular flexibility index (Phi) is 5.21. The molecular formula is C16H24N2O4. The predicted octanol–water partition coefficient (Wildman–Crippen LogP) is 2.79. The van der Waals surface area contributed by atoms with E-state index < -0.39 is 5.97 Å². The van der Waals surface area contributed by atoms with Crippen molar-refractivity contribution in [1.82, 2.24) is 9.88 Å². The molecule has 0 aliphatic heterocycles. The van der Waals surface area contributed by atoms with Gasteiger partial charge in [0.15, 0.2) is 5.89 Å². The molecule has 22 heavy (non-hydrogen) atoms. The fourth-order valence-corrected chi connectivity index (χ4v) is 3.28. The van der Waals surface area contributed by atoms with Gasteiger partial charge in [-0.1, -0.05) is 19.3 Å². The number of hydrogen-bond acceptors (Lipinski definition) is 4. The molecule has 1 aromatic heterocycles. The van der Waals surface area contributed by atoms with E-state index in [1.54, 1.807) is 13.8 Å². The number of carboxylic acids is 1. The molecule has 1 unspecified atom stereocenters. The van der Waals surface area contributed by atoms with Gasteiger partial charge in [-0.3, -0.25) is 9.59 Å². The van der Waals surface area contributed by atoms with Crippen LogP contribution in [-0.2, 0) is 4.79 Å². The summed E-state index contributed by atoms with van der Waals surface area (Å²) in [5.74, 6) is -0.465. The zero-order chi connectivity index (χ0) is 16.3. The normalized spacial score (nSPS) is 17.2. The average molecular weight is 308 g/mol. The molecule has 1 aliphatic rings. The highest BCUT2D eigenvalue weighted by Gasteiger charge is 2.32. The van der Waals surface area contributed by atoms with Crippen molar-refractivity contribution in [1.29, 1.82) is 0 Å². The van der Waals surface area contributed by atoms with Gasteiger partial charge in [0.05, 0.1) is 5.69 Å². The van der Waals surface area contributed by atoms with E-state index in [1.807, 2.05) is 6.92 Å². The summed E-state index contributed by atoms with van der Waals surface area (Å²) in [5.41, 5.74) is 0.508. The van der Waals surface area contributed by atoms with Gasteiger partial charge in [0, 0.05) is 13.0 Å². The first kappa shape index (κ1) is 16.5. The summed E-state index contributed by atoms with van der Waals surface area (Å²) in [6, 6.07) is -0.117. The first-order valence-corrected chi connectivity index (χ1v) is 7.87. The van der Waals surface area contributed by atoms with E-state index >= 15 is 0 Å². The lowest BCUT2D eigenvalue weighted by atomic mass is 9.84. The Morgan fingerprint density at radius 2 is 1.95 bits per heavy atom. The molecule has 0 saturated heterocycles. The molecule has 0 radical (unpaired) electrons. The number of oxazole rings is 1. The minimum absolute atomic E-state index is 0.117. The maximum absolute atomic E-state index is 12.7. The van der Waals surface area contributed by atoms with Crippen LogP contribution >= 0.6 is 0 Å². The molecule has 122 valence electrons. The lowest BCUT2D eigenvalue weighted by Crippen LogP contribution is -2.46. The number of nitrogens with zero attached hydrogens (tertiary/aromatic N) is 2. The zero-order valence-corrected chi connectivity index (χ0v) is 13.5. The van der Waals surface area contributed by atoms with Crippen LogP contribution in [0.2, 0.25) is 0 Å². The number of aryl methyl sites for hydroxylation is 2. The van der Waals surface area contributed by atoms with E-state index in [-0.39, 0.29) is 24.3 Å². The van der Waals surface area contributed by atoms with Crippen molar-refractivity contribution in [3.8, 4) is 0 Å². The number of aromatic nitrogens is 1. The molecule has 0 spiro atoms. The number of carbonyl (C=O) groups excluding carboxylic acids is 1. The van der Waals surface area contributed by atoms with Crippen molar-refractivity contribution in [3.63, 3.8) is 0 Å². The minimum atomic E-state index is -1.01. The molecule has 1 amide bonds. The second kappa shape index (κ2) is 6.94. The molecule has 1 heterocycles. The maximum Gasteiger partial charge on any atom is 0.323 e. The van der Waals surface area contributed by atoms with Gasteiger partial charge in [-0.25, -0.2) is 4.98 Å². The monoisotopic (exact) mass is 308 g/mol. The van der Waals surface area contributed by atoms with Crippen LogP contribution in [0, 0.1) is 19.8 Å². The molecule has 6 heteroatoms.